The van der Waals surface area contributed by atoms with Gasteiger partial charge in [0.1, 0.15) is 5.69 Å². The van der Waals surface area contributed by atoms with Gasteiger partial charge in [-0.2, -0.15) is 5.10 Å². The smallest absolute Gasteiger partial charge is 0.273 e. The van der Waals surface area contributed by atoms with Gasteiger partial charge in [-0.25, -0.2) is 0 Å². The molecule has 0 saturated carbocycles. The predicted molar refractivity (Wildman–Crippen MR) is 123 cm³/mol. The van der Waals surface area contributed by atoms with Crippen molar-refractivity contribution in [2.45, 2.75) is 12.5 Å². The lowest BCUT2D eigenvalue weighted by Gasteiger charge is -2.26. The summed E-state index contributed by atoms with van der Waals surface area (Å²) in [6, 6.07) is 22.0. The monoisotopic (exact) mass is 419 g/mol. The molecule has 32 heavy (non-hydrogen) atoms. The largest absolute Gasteiger partial charge is 0.361 e. The highest BCUT2D eigenvalue weighted by Crippen LogP contribution is 2.42. The number of nitrogens with zero attached hydrogens (tertiary/aromatic N) is 3. The molecule has 3 aromatic heterocycles. The molecule has 1 aliphatic rings. The zero-order valence-electron chi connectivity index (χ0n) is 17.3. The molecule has 0 fully saturated rings. The maximum absolute atomic E-state index is 13.5. The van der Waals surface area contributed by atoms with Crippen LogP contribution in [0, 0.1) is 0 Å². The third kappa shape index (κ3) is 2.92. The van der Waals surface area contributed by atoms with Crippen molar-refractivity contribution in [3.05, 3.63) is 108 Å². The van der Waals surface area contributed by atoms with E-state index in [1.165, 1.54) is 10.9 Å². The summed E-state index contributed by atoms with van der Waals surface area (Å²) in [4.78, 5) is 23.1. The molecule has 0 aliphatic carbocycles. The fraction of sp³-hybridized carbons (Fsp3) is 0.115. The molecule has 2 N–H and O–H groups in total. The van der Waals surface area contributed by atoms with Crippen LogP contribution in [-0.4, -0.2) is 37.5 Å². The molecule has 6 rings (SSSR count). The number of hydrogen-bond donors (Lipinski definition) is 2. The minimum absolute atomic E-state index is 0.0247. The molecule has 0 unspecified atom stereocenters. The van der Waals surface area contributed by atoms with Crippen LogP contribution in [-0.2, 0) is 6.42 Å². The second kappa shape index (κ2) is 7.50. The van der Waals surface area contributed by atoms with Gasteiger partial charge in [-0.1, -0.05) is 54.6 Å². The highest BCUT2D eigenvalue weighted by atomic mass is 16.2. The molecule has 156 valence electrons. The lowest BCUT2D eigenvalue weighted by atomic mass is 9.97. The van der Waals surface area contributed by atoms with E-state index >= 15 is 0 Å². The molecule has 0 bridgehead atoms. The van der Waals surface area contributed by atoms with Crippen molar-refractivity contribution in [3.8, 4) is 11.3 Å². The molecular formula is C26H21N5O. The maximum atomic E-state index is 13.5. The van der Waals surface area contributed by atoms with Gasteiger partial charge in [-0.3, -0.25) is 14.9 Å². The highest BCUT2D eigenvalue weighted by Gasteiger charge is 2.42. The average Bonchev–Trinajstić information content (AvgIpc) is 3.53. The summed E-state index contributed by atoms with van der Waals surface area (Å²) in [6.45, 7) is 0.594. The quantitative estimate of drug-likeness (QED) is 0.432. The van der Waals surface area contributed by atoms with Crippen molar-refractivity contribution in [2.24, 2.45) is 0 Å². The highest BCUT2D eigenvalue weighted by molar-refractivity contribution is 6.00. The first-order chi connectivity index (χ1) is 15.8. The molecule has 1 atom stereocenters. The van der Waals surface area contributed by atoms with Crippen LogP contribution in [0.4, 0.5) is 0 Å². The number of rotatable bonds is 5. The lowest BCUT2D eigenvalue weighted by Crippen LogP contribution is -2.31. The molecule has 0 spiro atoms. The van der Waals surface area contributed by atoms with Crippen LogP contribution in [0.1, 0.15) is 33.2 Å². The molecule has 6 nitrogen and oxygen atoms in total. The molecule has 2 aromatic carbocycles. The van der Waals surface area contributed by atoms with E-state index < -0.39 is 0 Å². The van der Waals surface area contributed by atoms with Gasteiger partial charge in [0.25, 0.3) is 5.91 Å². The summed E-state index contributed by atoms with van der Waals surface area (Å²) in [7, 11) is 0. The van der Waals surface area contributed by atoms with Crippen LogP contribution >= 0.6 is 0 Å². The van der Waals surface area contributed by atoms with Gasteiger partial charge in [0, 0.05) is 47.2 Å². The van der Waals surface area contributed by atoms with E-state index in [-0.39, 0.29) is 11.9 Å². The third-order valence-corrected chi connectivity index (χ3v) is 6.21. The number of hydrogen-bond acceptors (Lipinski definition) is 3. The Morgan fingerprint density at radius 1 is 0.969 bits per heavy atom. The summed E-state index contributed by atoms with van der Waals surface area (Å²) >= 11 is 0. The summed E-state index contributed by atoms with van der Waals surface area (Å²) in [6.07, 6.45) is 6.39. The zero-order chi connectivity index (χ0) is 21.5. The first-order valence-corrected chi connectivity index (χ1v) is 10.7. The van der Waals surface area contributed by atoms with Crippen molar-refractivity contribution in [1.82, 2.24) is 25.1 Å². The normalized spacial score (nSPS) is 15.4. The third-order valence-electron chi connectivity index (χ3n) is 6.21. The van der Waals surface area contributed by atoms with E-state index in [0.717, 1.165) is 34.3 Å². The topological polar surface area (TPSA) is 77.7 Å². The first kappa shape index (κ1) is 18.6. The Morgan fingerprint density at radius 3 is 2.66 bits per heavy atom. The molecular weight excluding hydrogens is 398 g/mol. The van der Waals surface area contributed by atoms with E-state index in [1.807, 2.05) is 71.9 Å². The number of nitrogens with one attached hydrogen (secondary N) is 2. The Kier molecular flexibility index (Phi) is 4.35. The van der Waals surface area contributed by atoms with Gasteiger partial charge < -0.3 is 9.88 Å². The fourth-order valence-electron chi connectivity index (χ4n) is 4.71. The van der Waals surface area contributed by atoms with E-state index in [4.69, 9.17) is 0 Å². The fourth-order valence-corrected chi connectivity index (χ4v) is 4.71. The molecule has 5 aromatic rings. The number of fused-ring (bicyclic) bond motifs is 2. The van der Waals surface area contributed by atoms with Gasteiger partial charge in [-0.05, 0) is 29.7 Å². The van der Waals surface area contributed by atoms with E-state index in [9.17, 15) is 4.79 Å². The van der Waals surface area contributed by atoms with Gasteiger partial charge >= 0.3 is 0 Å². The molecule has 0 saturated heterocycles. The molecule has 1 aliphatic heterocycles. The molecule has 0 radical (unpaired) electrons. The summed E-state index contributed by atoms with van der Waals surface area (Å²) in [5.41, 5.74) is 6.60. The second-order valence-electron chi connectivity index (χ2n) is 8.02. The number of para-hydroxylation sites is 1. The number of amides is 1. The predicted octanol–water partition coefficient (Wildman–Crippen LogP) is 4.74. The number of pyridine rings is 1. The number of H-pyrrole nitrogens is 2. The number of carbonyl (C=O) groups excluding carboxylic acids is 1. The summed E-state index contributed by atoms with van der Waals surface area (Å²) < 4.78 is 0. The minimum atomic E-state index is -0.231. The van der Waals surface area contributed by atoms with Crippen molar-refractivity contribution in [1.29, 1.82) is 0 Å². The van der Waals surface area contributed by atoms with E-state index in [1.54, 1.807) is 6.20 Å². The summed E-state index contributed by atoms with van der Waals surface area (Å²) in [5.74, 6) is -0.0247. The van der Waals surface area contributed by atoms with Gasteiger partial charge in [0.15, 0.2) is 0 Å². The Labute approximate surface area is 184 Å². The van der Waals surface area contributed by atoms with Crippen molar-refractivity contribution in [3.63, 3.8) is 0 Å². The van der Waals surface area contributed by atoms with Gasteiger partial charge in [0.2, 0.25) is 0 Å². The zero-order valence-corrected chi connectivity index (χ0v) is 17.3. The molecule has 4 heterocycles. The lowest BCUT2D eigenvalue weighted by molar-refractivity contribution is 0.0746. The SMILES string of the molecule is O=C1c2[nH]nc(-c3ccccc3)c2[C@@H](c2cccnc2)N1CCc1c[nH]c2ccccc12. The van der Waals surface area contributed by atoms with Gasteiger partial charge in [-0.15, -0.1) is 0 Å². The van der Waals surface area contributed by atoms with Crippen LogP contribution in [0.5, 0.6) is 0 Å². The van der Waals surface area contributed by atoms with Gasteiger partial charge in [0.05, 0.1) is 11.7 Å². The molecule has 1 amide bonds. The van der Waals surface area contributed by atoms with Crippen molar-refractivity contribution >= 4 is 16.8 Å². The van der Waals surface area contributed by atoms with E-state index in [0.29, 0.717) is 12.2 Å². The standard InChI is InChI=1S/C26H21N5O/c32-26-24-22(23(29-30-24)17-7-2-1-3-8-17)25(19-9-6-13-27-15-19)31(26)14-12-18-16-28-21-11-5-4-10-20(18)21/h1-11,13,15-16,25,28H,12,14H2,(H,29,30)/t25-/m1/s1. The number of benzene rings is 2. The summed E-state index contributed by atoms with van der Waals surface area (Å²) in [5, 5.41) is 8.74. The Balaban J connectivity index is 1.40. The second-order valence-corrected chi connectivity index (χ2v) is 8.02. The van der Waals surface area contributed by atoms with Crippen LogP contribution in [0.15, 0.2) is 85.3 Å². The number of aromatic nitrogens is 4. The average molecular weight is 419 g/mol. The van der Waals surface area contributed by atoms with Crippen LogP contribution in [0.3, 0.4) is 0 Å². The van der Waals surface area contributed by atoms with Crippen molar-refractivity contribution in [2.75, 3.05) is 6.54 Å². The van der Waals surface area contributed by atoms with Crippen LogP contribution in [0.2, 0.25) is 0 Å². The van der Waals surface area contributed by atoms with Crippen LogP contribution < -0.4 is 0 Å². The Hall–Kier alpha value is -4.19. The Morgan fingerprint density at radius 2 is 1.81 bits per heavy atom. The van der Waals surface area contributed by atoms with Crippen molar-refractivity contribution < 1.29 is 4.79 Å². The van der Waals surface area contributed by atoms with Crippen LogP contribution in [0.25, 0.3) is 22.2 Å². The number of aromatic amines is 2. The first-order valence-electron chi connectivity index (χ1n) is 10.7. The maximum Gasteiger partial charge on any atom is 0.273 e. The van der Waals surface area contributed by atoms with E-state index in [2.05, 4.69) is 32.3 Å². The number of carbonyl (C=O) groups is 1. The minimum Gasteiger partial charge on any atom is -0.361 e. The molecule has 6 heteroatoms. The Bertz CT molecular complexity index is 1400.